The van der Waals surface area contributed by atoms with Gasteiger partial charge in [0.15, 0.2) is 0 Å². The molecule has 0 amide bonds. The third-order valence-electron chi connectivity index (χ3n) is 5.45. The van der Waals surface area contributed by atoms with Crippen LogP contribution in [-0.2, 0) is 5.41 Å². The highest BCUT2D eigenvalue weighted by Gasteiger charge is 2.43. The molecule has 0 aromatic heterocycles. The molecule has 29 heavy (non-hydrogen) atoms. The van der Waals surface area contributed by atoms with Crippen LogP contribution < -0.4 is 0 Å². The van der Waals surface area contributed by atoms with Crippen LogP contribution in [0.1, 0.15) is 33.9 Å². The highest BCUT2D eigenvalue weighted by atomic mass is 16.3. The summed E-state index contributed by atoms with van der Waals surface area (Å²) < 4.78 is 0. The van der Waals surface area contributed by atoms with Crippen molar-refractivity contribution >= 4 is 0 Å². The van der Waals surface area contributed by atoms with E-state index < -0.39 is 11.5 Å². The van der Waals surface area contributed by atoms with E-state index >= 15 is 0 Å². The maximum atomic E-state index is 11.9. The van der Waals surface area contributed by atoms with E-state index in [1.165, 1.54) is 0 Å². The Hall–Kier alpha value is -3.67. The minimum absolute atomic E-state index is 0.575. The molecule has 0 saturated carbocycles. The first kappa shape index (κ1) is 18.7. The Morgan fingerprint density at radius 3 is 1.31 bits per heavy atom. The van der Waals surface area contributed by atoms with Crippen molar-refractivity contribution < 1.29 is 5.11 Å². The first-order chi connectivity index (χ1) is 14.3. The lowest BCUT2D eigenvalue weighted by Gasteiger charge is -2.40. The van der Waals surface area contributed by atoms with E-state index in [0.29, 0.717) is 5.56 Å². The Kier molecular flexibility index (Phi) is 5.24. The Morgan fingerprint density at radius 1 is 0.586 bits per heavy atom. The van der Waals surface area contributed by atoms with Gasteiger partial charge in [0, 0.05) is 0 Å². The summed E-state index contributed by atoms with van der Waals surface area (Å²) in [7, 11) is 0. The number of aliphatic hydroxyl groups is 1. The van der Waals surface area contributed by atoms with Gasteiger partial charge in [-0.05, 0) is 34.4 Å². The summed E-state index contributed by atoms with van der Waals surface area (Å²) >= 11 is 0. The number of benzene rings is 4. The van der Waals surface area contributed by atoms with Gasteiger partial charge in [-0.1, -0.05) is 103 Å². The number of aliphatic hydroxyl groups excluding tert-OH is 1. The minimum atomic E-state index is -0.845. The maximum Gasteiger partial charge on any atom is 0.0991 e. The van der Waals surface area contributed by atoms with Gasteiger partial charge in [-0.3, -0.25) is 0 Å². The Bertz CT molecular complexity index is 1000. The van der Waals surface area contributed by atoms with Crippen molar-refractivity contribution in [3.05, 3.63) is 143 Å². The molecule has 4 aromatic rings. The number of nitriles is 1. The number of hydrogen-bond acceptors (Lipinski definition) is 2. The largest absolute Gasteiger partial charge is 0.387 e. The molecule has 1 unspecified atom stereocenters. The molecule has 1 atom stereocenters. The van der Waals surface area contributed by atoms with Crippen LogP contribution in [0.4, 0.5) is 0 Å². The molecule has 4 rings (SSSR count). The summed E-state index contributed by atoms with van der Waals surface area (Å²) in [5.74, 6) is 0. The molecule has 0 saturated heterocycles. The van der Waals surface area contributed by atoms with E-state index in [1.807, 2.05) is 66.7 Å². The minimum Gasteiger partial charge on any atom is -0.387 e. The molecule has 0 heterocycles. The van der Waals surface area contributed by atoms with E-state index in [2.05, 4.69) is 42.5 Å². The van der Waals surface area contributed by atoms with Gasteiger partial charge in [0.2, 0.25) is 0 Å². The standard InChI is InChI=1S/C27H21NO/c28-20-21-16-18-22(19-17-21)26(29)27(23-10-4-1-5-11-23,24-12-6-2-7-13-24)25-14-8-3-9-15-25/h1-19,26,29H. The van der Waals surface area contributed by atoms with Crippen molar-refractivity contribution in [3.8, 4) is 6.07 Å². The maximum absolute atomic E-state index is 11.9. The monoisotopic (exact) mass is 375 g/mol. The molecule has 2 heteroatoms. The SMILES string of the molecule is N#Cc1ccc(C(O)C(c2ccccc2)(c2ccccc2)c2ccccc2)cc1. The van der Waals surface area contributed by atoms with Crippen LogP contribution in [0.3, 0.4) is 0 Å². The van der Waals surface area contributed by atoms with Gasteiger partial charge < -0.3 is 5.11 Å². The molecular formula is C27H21NO. The van der Waals surface area contributed by atoms with E-state index in [0.717, 1.165) is 22.3 Å². The van der Waals surface area contributed by atoms with E-state index in [1.54, 1.807) is 12.1 Å². The van der Waals surface area contributed by atoms with Crippen LogP contribution in [0.2, 0.25) is 0 Å². The van der Waals surface area contributed by atoms with Crippen LogP contribution in [0, 0.1) is 11.3 Å². The predicted molar refractivity (Wildman–Crippen MR) is 115 cm³/mol. The van der Waals surface area contributed by atoms with Crippen molar-refractivity contribution in [2.75, 3.05) is 0 Å². The summed E-state index contributed by atoms with van der Waals surface area (Å²) in [4.78, 5) is 0. The van der Waals surface area contributed by atoms with Crippen molar-refractivity contribution in [1.82, 2.24) is 0 Å². The summed E-state index contributed by atoms with van der Waals surface area (Å²) in [5.41, 5.74) is 3.57. The number of nitrogens with zero attached hydrogens (tertiary/aromatic N) is 1. The van der Waals surface area contributed by atoms with Crippen LogP contribution in [0.25, 0.3) is 0 Å². The third-order valence-corrected chi connectivity index (χ3v) is 5.45. The van der Waals surface area contributed by atoms with E-state index in [4.69, 9.17) is 5.26 Å². The molecule has 1 N–H and O–H groups in total. The third kappa shape index (κ3) is 3.33. The Labute approximate surface area is 171 Å². The zero-order valence-corrected chi connectivity index (χ0v) is 15.9. The highest BCUT2D eigenvalue weighted by Crippen LogP contribution is 2.48. The molecular weight excluding hydrogens is 354 g/mol. The normalized spacial score (nSPS) is 12.1. The van der Waals surface area contributed by atoms with Crippen molar-refractivity contribution in [1.29, 1.82) is 5.26 Å². The Morgan fingerprint density at radius 2 is 0.966 bits per heavy atom. The zero-order valence-electron chi connectivity index (χ0n) is 15.9. The second-order valence-corrected chi connectivity index (χ2v) is 7.04. The topological polar surface area (TPSA) is 44.0 Å². The summed E-state index contributed by atoms with van der Waals surface area (Å²) in [6.07, 6.45) is -0.845. The first-order valence-corrected chi connectivity index (χ1v) is 9.61. The van der Waals surface area contributed by atoms with Gasteiger partial charge in [-0.15, -0.1) is 0 Å². The molecule has 0 aliphatic heterocycles. The lowest BCUT2D eigenvalue weighted by Crippen LogP contribution is -2.36. The van der Waals surface area contributed by atoms with Crippen LogP contribution >= 0.6 is 0 Å². The molecule has 0 fully saturated rings. The second kappa shape index (κ2) is 8.14. The van der Waals surface area contributed by atoms with Crippen LogP contribution in [-0.4, -0.2) is 5.11 Å². The molecule has 140 valence electrons. The summed E-state index contributed by atoms with van der Waals surface area (Å²) in [6, 6.07) is 39.7. The lowest BCUT2D eigenvalue weighted by molar-refractivity contribution is 0.122. The summed E-state index contributed by atoms with van der Waals surface area (Å²) in [5, 5.41) is 21.0. The second-order valence-electron chi connectivity index (χ2n) is 7.04. The van der Waals surface area contributed by atoms with Crippen LogP contribution in [0.5, 0.6) is 0 Å². The van der Waals surface area contributed by atoms with E-state index in [9.17, 15) is 5.11 Å². The lowest BCUT2D eigenvalue weighted by atomic mass is 9.64. The molecule has 0 aliphatic carbocycles. The van der Waals surface area contributed by atoms with Gasteiger partial charge in [-0.25, -0.2) is 0 Å². The summed E-state index contributed by atoms with van der Waals surface area (Å²) in [6.45, 7) is 0. The molecule has 0 bridgehead atoms. The van der Waals surface area contributed by atoms with Crippen LogP contribution in [0.15, 0.2) is 115 Å². The molecule has 4 aromatic carbocycles. The zero-order chi connectivity index (χ0) is 20.1. The smallest absolute Gasteiger partial charge is 0.0991 e. The molecule has 0 radical (unpaired) electrons. The fourth-order valence-electron chi connectivity index (χ4n) is 4.07. The first-order valence-electron chi connectivity index (χ1n) is 9.61. The molecule has 0 spiro atoms. The van der Waals surface area contributed by atoms with Crippen molar-refractivity contribution in [2.45, 2.75) is 11.5 Å². The average molecular weight is 375 g/mol. The predicted octanol–water partition coefficient (Wildman–Crippen LogP) is 5.63. The molecule has 0 aliphatic rings. The van der Waals surface area contributed by atoms with Crippen molar-refractivity contribution in [2.24, 2.45) is 0 Å². The number of rotatable bonds is 5. The number of hydrogen-bond donors (Lipinski definition) is 1. The van der Waals surface area contributed by atoms with Gasteiger partial charge in [0.1, 0.15) is 0 Å². The Balaban J connectivity index is 2.03. The van der Waals surface area contributed by atoms with E-state index in [-0.39, 0.29) is 0 Å². The van der Waals surface area contributed by atoms with Gasteiger partial charge in [0.25, 0.3) is 0 Å². The van der Waals surface area contributed by atoms with Gasteiger partial charge in [0.05, 0.1) is 23.2 Å². The highest BCUT2D eigenvalue weighted by molar-refractivity contribution is 5.53. The fraction of sp³-hybridized carbons (Fsp3) is 0.0741. The van der Waals surface area contributed by atoms with Gasteiger partial charge in [-0.2, -0.15) is 5.26 Å². The fourth-order valence-corrected chi connectivity index (χ4v) is 4.07. The quantitative estimate of drug-likeness (QED) is 0.460. The van der Waals surface area contributed by atoms with Crippen molar-refractivity contribution in [3.63, 3.8) is 0 Å². The molecule has 2 nitrogen and oxygen atoms in total. The average Bonchev–Trinajstić information content (AvgIpc) is 2.82. The van der Waals surface area contributed by atoms with Gasteiger partial charge >= 0.3 is 0 Å².